The van der Waals surface area contributed by atoms with Crippen LogP contribution in [0.3, 0.4) is 0 Å². The van der Waals surface area contributed by atoms with Crippen molar-refractivity contribution in [2.45, 2.75) is 13.0 Å². The quantitative estimate of drug-likeness (QED) is 0.509. The standard InChI is InChI=1S/C21H17FN4OS/c1-14(21-25-24-19-4-2-3-13-26(19)21)23-20(27)12-10-17-9-11-18(28-17)15-5-7-16(22)8-6-15/h2-14H,1H3,(H,23,27)/b12-10+. The van der Waals surface area contributed by atoms with Gasteiger partial charge in [0.15, 0.2) is 11.5 Å². The van der Waals surface area contributed by atoms with Gasteiger partial charge in [0, 0.05) is 22.0 Å². The van der Waals surface area contributed by atoms with E-state index in [-0.39, 0.29) is 17.8 Å². The first-order valence-electron chi connectivity index (χ1n) is 8.74. The fourth-order valence-electron chi connectivity index (χ4n) is 2.85. The van der Waals surface area contributed by atoms with Crippen LogP contribution in [0.5, 0.6) is 0 Å². The van der Waals surface area contributed by atoms with Crippen molar-refractivity contribution in [2.24, 2.45) is 0 Å². The Kier molecular flexibility index (Phi) is 4.99. The molecule has 4 aromatic rings. The SMILES string of the molecule is CC(NC(=O)/C=C/c1ccc(-c2ccc(F)cc2)s1)c1nnc2ccccn12. The maximum atomic E-state index is 13.0. The van der Waals surface area contributed by atoms with E-state index >= 15 is 0 Å². The van der Waals surface area contributed by atoms with Gasteiger partial charge >= 0.3 is 0 Å². The highest BCUT2D eigenvalue weighted by molar-refractivity contribution is 7.16. The van der Waals surface area contributed by atoms with Crippen molar-refractivity contribution in [2.75, 3.05) is 0 Å². The number of hydrogen-bond donors (Lipinski definition) is 1. The fraction of sp³-hybridized carbons (Fsp3) is 0.0952. The zero-order valence-corrected chi connectivity index (χ0v) is 15.9. The Labute approximate surface area is 165 Å². The van der Waals surface area contributed by atoms with Crippen molar-refractivity contribution < 1.29 is 9.18 Å². The number of hydrogen-bond acceptors (Lipinski definition) is 4. The Bertz CT molecular complexity index is 1150. The van der Waals surface area contributed by atoms with Gasteiger partial charge in [0.1, 0.15) is 5.82 Å². The molecule has 0 saturated heterocycles. The van der Waals surface area contributed by atoms with Crippen molar-refractivity contribution >= 4 is 29.0 Å². The molecule has 1 aromatic carbocycles. The average Bonchev–Trinajstić information content (AvgIpc) is 3.34. The molecule has 1 N–H and O–H groups in total. The number of thiophene rings is 1. The number of aromatic nitrogens is 3. The van der Waals surface area contributed by atoms with Gasteiger partial charge in [0.2, 0.25) is 5.91 Å². The maximum Gasteiger partial charge on any atom is 0.244 e. The number of benzene rings is 1. The van der Waals surface area contributed by atoms with Crippen LogP contribution in [0, 0.1) is 5.82 Å². The minimum absolute atomic E-state index is 0.211. The lowest BCUT2D eigenvalue weighted by Crippen LogP contribution is -2.26. The van der Waals surface area contributed by atoms with Crippen molar-refractivity contribution in [1.29, 1.82) is 0 Å². The number of halogens is 1. The molecule has 0 saturated carbocycles. The zero-order chi connectivity index (χ0) is 19.5. The van der Waals surface area contributed by atoms with Gasteiger partial charge in [-0.1, -0.05) is 18.2 Å². The third-order valence-electron chi connectivity index (χ3n) is 4.24. The van der Waals surface area contributed by atoms with Gasteiger partial charge in [-0.2, -0.15) is 0 Å². The monoisotopic (exact) mass is 392 g/mol. The predicted octanol–water partition coefficient (Wildman–Crippen LogP) is 4.49. The molecule has 0 fully saturated rings. The smallest absolute Gasteiger partial charge is 0.244 e. The molecule has 0 bridgehead atoms. The number of nitrogens with one attached hydrogen (secondary N) is 1. The molecule has 140 valence electrons. The molecule has 1 atom stereocenters. The molecule has 4 rings (SSSR count). The highest BCUT2D eigenvalue weighted by Crippen LogP contribution is 2.28. The Morgan fingerprint density at radius 3 is 2.79 bits per heavy atom. The van der Waals surface area contributed by atoms with E-state index in [2.05, 4.69) is 15.5 Å². The Hall–Kier alpha value is -3.32. The second-order valence-electron chi connectivity index (χ2n) is 6.26. The molecule has 1 unspecified atom stereocenters. The molecule has 5 nitrogen and oxygen atoms in total. The van der Waals surface area contributed by atoms with E-state index in [1.54, 1.807) is 18.2 Å². The van der Waals surface area contributed by atoms with E-state index in [1.165, 1.54) is 29.5 Å². The van der Waals surface area contributed by atoms with E-state index in [4.69, 9.17) is 0 Å². The third kappa shape index (κ3) is 3.84. The molecule has 0 radical (unpaired) electrons. The van der Waals surface area contributed by atoms with Crippen LogP contribution in [0.15, 0.2) is 66.9 Å². The van der Waals surface area contributed by atoms with Crippen LogP contribution in [-0.2, 0) is 4.79 Å². The third-order valence-corrected chi connectivity index (χ3v) is 5.34. The number of pyridine rings is 1. The molecule has 0 aliphatic rings. The Balaban J connectivity index is 1.42. The number of rotatable bonds is 5. The van der Waals surface area contributed by atoms with Gasteiger partial charge in [-0.25, -0.2) is 4.39 Å². The molecule has 0 aliphatic carbocycles. The number of fused-ring (bicyclic) bond motifs is 1. The molecular weight excluding hydrogens is 375 g/mol. The van der Waals surface area contributed by atoms with Crippen LogP contribution >= 0.6 is 11.3 Å². The van der Waals surface area contributed by atoms with Crippen LogP contribution in [0.2, 0.25) is 0 Å². The lowest BCUT2D eigenvalue weighted by atomic mass is 10.2. The molecular formula is C21H17FN4OS. The van der Waals surface area contributed by atoms with Gasteiger partial charge in [0.25, 0.3) is 0 Å². The van der Waals surface area contributed by atoms with Crippen LogP contribution in [0.1, 0.15) is 23.7 Å². The summed E-state index contributed by atoms with van der Waals surface area (Å²) >= 11 is 1.54. The largest absolute Gasteiger partial charge is 0.343 e. The molecule has 0 spiro atoms. The number of carbonyl (C=O) groups is 1. The van der Waals surface area contributed by atoms with Crippen molar-refractivity contribution in [1.82, 2.24) is 19.9 Å². The minimum Gasteiger partial charge on any atom is -0.343 e. The molecule has 3 aromatic heterocycles. The fourth-order valence-corrected chi connectivity index (χ4v) is 3.77. The topological polar surface area (TPSA) is 59.3 Å². The van der Waals surface area contributed by atoms with E-state index < -0.39 is 0 Å². The number of carbonyl (C=O) groups excluding carboxylic acids is 1. The van der Waals surface area contributed by atoms with Crippen LogP contribution < -0.4 is 5.32 Å². The van der Waals surface area contributed by atoms with Gasteiger partial charge in [-0.05, 0) is 55.0 Å². The maximum absolute atomic E-state index is 13.0. The van der Waals surface area contributed by atoms with Gasteiger partial charge in [-0.3, -0.25) is 9.20 Å². The van der Waals surface area contributed by atoms with Crippen molar-refractivity contribution in [3.05, 3.63) is 83.4 Å². The summed E-state index contributed by atoms with van der Waals surface area (Å²) in [6.07, 6.45) is 5.13. The predicted molar refractivity (Wildman–Crippen MR) is 108 cm³/mol. The van der Waals surface area contributed by atoms with Gasteiger partial charge in [-0.15, -0.1) is 21.5 Å². The first-order valence-corrected chi connectivity index (χ1v) is 9.56. The molecule has 1 amide bonds. The summed E-state index contributed by atoms with van der Waals surface area (Å²) in [6.45, 7) is 1.87. The zero-order valence-electron chi connectivity index (χ0n) is 15.0. The normalized spacial score (nSPS) is 12.5. The van der Waals surface area contributed by atoms with Gasteiger partial charge < -0.3 is 5.32 Å². The second kappa shape index (κ2) is 7.74. The summed E-state index contributed by atoms with van der Waals surface area (Å²) in [7, 11) is 0. The Morgan fingerprint density at radius 2 is 1.96 bits per heavy atom. The average molecular weight is 392 g/mol. The molecule has 3 heterocycles. The Morgan fingerprint density at radius 1 is 1.14 bits per heavy atom. The minimum atomic E-state index is -0.285. The number of amides is 1. The lowest BCUT2D eigenvalue weighted by molar-refractivity contribution is -0.117. The molecule has 28 heavy (non-hydrogen) atoms. The van der Waals surface area contributed by atoms with Crippen LogP contribution in [-0.4, -0.2) is 20.5 Å². The molecule has 0 aliphatic heterocycles. The molecule has 7 heteroatoms. The first-order chi connectivity index (χ1) is 13.6. The van der Waals surface area contributed by atoms with Crippen molar-refractivity contribution in [3.63, 3.8) is 0 Å². The highest BCUT2D eigenvalue weighted by atomic mass is 32.1. The number of nitrogens with zero attached hydrogens (tertiary/aromatic N) is 3. The summed E-state index contributed by atoms with van der Waals surface area (Å²) in [5.41, 5.74) is 1.68. The highest BCUT2D eigenvalue weighted by Gasteiger charge is 2.14. The van der Waals surface area contributed by atoms with E-state index in [9.17, 15) is 9.18 Å². The van der Waals surface area contributed by atoms with E-state index in [0.29, 0.717) is 5.82 Å². The summed E-state index contributed by atoms with van der Waals surface area (Å²) < 4.78 is 14.9. The second-order valence-corrected chi connectivity index (χ2v) is 7.37. The van der Waals surface area contributed by atoms with E-state index in [1.807, 2.05) is 47.9 Å². The van der Waals surface area contributed by atoms with Crippen LogP contribution in [0.4, 0.5) is 4.39 Å². The van der Waals surface area contributed by atoms with Crippen LogP contribution in [0.25, 0.3) is 22.2 Å². The van der Waals surface area contributed by atoms with Crippen molar-refractivity contribution in [3.8, 4) is 10.4 Å². The van der Waals surface area contributed by atoms with Gasteiger partial charge in [0.05, 0.1) is 6.04 Å². The van der Waals surface area contributed by atoms with E-state index in [0.717, 1.165) is 21.0 Å². The first kappa shape index (κ1) is 18.1. The lowest BCUT2D eigenvalue weighted by Gasteiger charge is -2.10. The summed E-state index contributed by atoms with van der Waals surface area (Å²) in [6, 6.07) is 15.6. The summed E-state index contributed by atoms with van der Waals surface area (Å²) in [5, 5.41) is 11.2. The summed E-state index contributed by atoms with van der Waals surface area (Å²) in [4.78, 5) is 14.2. The summed E-state index contributed by atoms with van der Waals surface area (Å²) in [5.74, 6) is 0.204.